The van der Waals surface area contributed by atoms with Crippen LogP contribution in [-0.4, -0.2) is 56.0 Å². The van der Waals surface area contributed by atoms with Gasteiger partial charge in [0.2, 0.25) is 0 Å². The number of hydrogen-bond donors (Lipinski definition) is 1. The van der Waals surface area contributed by atoms with Crippen molar-refractivity contribution in [2.45, 2.75) is 37.9 Å². The van der Waals surface area contributed by atoms with Gasteiger partial charge in [-0.2, -0.15) is 0 Å². The van der Waals surface area contributed by atoms with E-state index >= 15 is 0 Å². The lowest BCUT2D eigenvalue weighted by molar-refractivity contribution is -0.171. The van der Waals surface area contributed by atoms with Crippen molar-refractivity contribution < 1.29 is 33.6 Å². The average molecular weight is 326 g/mol. The quantitative estimate of drug-likeness (QED) is 0.785. The molecule has 7 nitrogen and oxygen atoms in total. The van der Waals surface area contributed by atoms with Gasteiger partial charge in [0.05, 0.1) is 14.2 Å². The van der Waals surface area contributed by atoms with E-state index < -0.39 is 30.1 Å². The molecule has 2 rings (SSSR count). The normalized spacial score (nSPS) is 24.0. The van der Waals surface area contributed by atoms with Crippen LogP contribution in [0.3, 0.4) is 0 Å². The molecular formula is C16H22O7. The molecule has 0 radical (unpaired) electrons. The second kappa shape index (κ2) is 7.16. The Morgan fingerprint density at radius 3 is 2.39 bits per heavy atom. The minimum absolute atomic E-state index is 0.120. The molecule has 23 heavy (non-hydrogen) atoms. The Kier molecular flexibility index (Phi) is 5.46. The number of benzene rings is 1. The van der Waals surface area contributed by atoms with Gasteiger partial charge in [-0.3, -0.25) is 0 Å². The summed E-state index contributed by atoms with van der Waals surface area (Å²) in [5.41, 5.74) is 0. The van der Waals surface area contributed by atoms with Crippen molar-refractivity contribution in [3.05, 3.63) is 24.3 Å². The molecule has 3 atom stereocenters. The smallest absolute Gasteiger partial charge is 0.337 e. The van der Waals surface area contributed by atoms with Gasteiger partial charge in [0.15, 0.2) is 11.9 Å². The fourth-order valence-corrected chi connectivity index (χ4v) is 2.36. The Hall–Kier alpha value is -1.83. The van der Waals surface area contributed by atoms with E-state index in [0.29, 0.717) is 5.75 Å². The Labute approximate surface area is 135 Å². The number of methoxy groups -OCH3 is 2. The summed E-state index contributed by atoms with van der Waals surface area (Å²) >= 11 is 0. The Bertz CT molecular complexity index is 526. The summed E-state index contributed by atoms with van der Waals surface area (Å²) in [5.74, 6) is -0.359. The molecule has 1 aromatic rings. The second-order valence-corrected chi connectivity index (χ2v) is 5.59. The molecule has 1 saturated heterocycles. The highest BCUT2D eigenvalue weighted by Gasteiger charge is 2.47. The van der Waals surface area contributed by atoms with Crippen molar-refractivity contribution in [1.82, 2.24) is 0 Å². The van der Waals surface area contributed by atoms with Crippen LogP contribution in [0.15, 0.2) is 24.3 Å². The highest BCUT2D eigenvalue weighted by Crippen LogP contribution is 2.31. The molecule has 7 heteroatoms. The van der Waals surface area contributed by atoms with E-state index in [-0.39, 0.29) is 6.61 Å². The minimum Gasteiger partial charge on any atom is -0.497 e. The standard InChI is InChI=1S/C16H22O7/c1-16(2)22-12(14(23-16)13(17)15(18)20-4)9-21-11-7-5-10(19-3)6-8-11/h5-8,12-14,17H,9H2,1-4H3/t12-,13+,14+/m1/s1. The molecule has 1 aliphatic rings. The third-order valence-corrected chi connectivity index (χ3v) is 3.45. The van der Waals surface area contributed by atoms with Gasteiger partial charge in [-0.05, 0) is 38.1 Å². The zero-order chi connectivity index (χ0) is 17.0. The largest absolute Gasteiger partial charge is 0.497 e. The van der Waals surface area contributed by atoms with Crippen molar-refractivity contribution >= 4 is 5.97 Å². The van der Waals surface area contributed by atoms with Crippen LogP contribution >= 0.6 is 0 Å². The summed E-state index contributed by atoms with van der Waals surface area (Å²) < 4.78 is 26.6. The van der Waals surface area contributed by atoms with E-state index in [1.807, 2.05) is 0 Å². The van der Waals surface area contributed by atoms with Gasteiger partial charge < -0.3 is 28.8 Å². The third kappa shape index (κ3) is 4.34. The zero-order valence-corrected chi connectivity index (χ0v) is 13.6. The first-order valence-corrected chi connectivity index (χ1v) is 7.24. The van der Waals surface area contributed by atoms with Crippen molar-refractivity contribution in [2.24, 2.45) is 0 Å². The first kappa shape index (κ1) is 17.5. The number of hydrogen-bond acceptors (Lipinski definition) is 7. The van der Waals surface area contributed by atoms with E-state index in [0.717, 1.165) is 5.75 Å². The van der Waals surface area contributed by atoms with Crippen molar-refractivity contribution in [3.63, 3.8) is 0 Å². The van der Waals surface area contributed by atoms with Gasteiger partial charge in [-0.25, -0.2) is 4.79 Å². The molecule has 1 aromatic carbocycles. The Balaban J connectivity index is 2.01. The monoisotopic (exact) mass is 326 g/mol. The lowest BCUT2D eigenvalue weighted by Crippen LogP contribution is -2.43. The first-order valence-electron chi connectivity index (χ1n) is 7.24. The summed E-state index contributed by atoms with van der Waals surface area (Å²) in [6, 6.07) is 7.05. The molecule has 1 fully saturated rings. The molecule has 0 spiro atoms. The van der Waals surface area contributed by atoms with Crippen LogP contribution in [0.4, 0.5) is 0 Å². The van der Waals surface area contributed by atoms with Crippen LogP contribution in [0.5, 0.6) is 11.5 Å². The number of ether oxygens (including phenoxy) is 5. The maximum absolute atomic E-state index is 11.5. The van der Waals surface area contributed by atoms with Gasteiger partial charge in [0, 0.05) is 0 Å². The van der Waals surface area contributed by atoms with Crippen LogP contribution in [-0.2, 0) is 19.0 Å². The molecule has 1 heterocycles. The molecule has 0 bridgehead atoms. The van der Waals surface area contributed by atoms with Crippen molar-refractivity contribution in [2.75, 3.05) is 20.8 Å². The number of aliphatic hydroxyl groups excluding tert-OH is 1. The molecular weight excluding hydrogens is 304 g/mol. The summed E-state index contributed by atoms with van der Waals surface area (Å²) in [5, 5.41) is 10.0. The van der Waals surface area contributed by atoms with Gasteiger partial charge in [0.1, 0.15) is 30.3 Å². The zero-order valence-electron chi connectivity index (χ0n) is 13.6. The van der Waals surface area contributed by atoms with Crippen molar-refractivity contribution in [1.29, 1.82) is 0 Å². The van der Waals surface area contributed by atoms with E-state index in [1.165, 1.54) is 7.11 Å². The third-order valence-electron chi connectivity index (χ3n) is 3.45. The van der Waals surface area contributed by atoms with Gasteiger partial charge in [0.25, 0.3) is 0 Å². The second-order valence-electron chi connectivity index (χ2n) is 5.59. The van der Waals surface area contributed by atoms with E-state index in [2.05, 4.69) is 4.74 Å². The predicted octanol–water partition coefficient (Wildman–Crippen LogP) is 1.13. The van der Waals surface area contributed by atoms with E-state index in [4.69, 9.17) is 18.9 Å². The number of aliphatic hydroxyl groups is 1. The van der Waals surface area contributed by atoms with Crippen LogP contribution in [0, 0.1) is 0 Å². The molecule has 0 aromatic heterocycles. The Morgan fingerprint density at radius 2 is 1.83 bits per heavy atom. The topological polar surface area (TPSA) is 83.5 Å². The summed E-state index contributed by atoms with van der Waals surface area (Å²) in [6.07, 6.45) is -2.91. The number of carbonyl (C=O) groups is 1. The van der Waals surface area contributed by atoms with Crippen LogP contribution in [0.1, 0.15) is 13.8 Å². The van der Waals surface area contributed by atoms with Crippen LogP contribution < -0.4 is 9.47 Å². The molecule has 0 amide bonds. The predicted molar refractivity (Wildman–Crippen MR) is 80.3 cm³/mol. The lowest BCUT2D eigenvalue weighted by atomic mass is 10.1. The highest BCUT2D eigenvalue weighted by molar-refractivity contribution is 5.75. The Morgan fingerprint density at radius 1 is 1.22 bits per heavy atom. The van der Waals surface area contributed by atoms with Crippen LogP contribution in [0.2, 0.25) is 0 Å². The SMILES string of the molecule is COC(=O)[C@@H](O)[C@H]1OC(C)(C)O[C@@H]1COc1ccc(OC)cc1. The summed E-state index contributed by atoms with van der Waals surface area (Å²) in [6.45, 7) is 3.53. The average Bonchev–Trinajstić information content (AvgIpc) is 2.86. The fraction of sp³-hybridized carbons (Fsp3) is 0.562. The molecule has 1 N–H and O–H groups in total. The molecule has 0 saturated carbocycles. The molecule has 0 aliphatic carbocycles. The van der Waals surface area contributed by atoms with Gasteiger partial charge in [-0.1, -0.05) is 0 Å². The van der Waals surface area contributed by atoms with Crippen LogP contribution in [0.25, 0.3) is 0 Å². The van der Waals surface area contributed by atoms with E-state index in [9.17, 15) is 9.90 Å². The number of esters is 1. The van der Waals surface area contributed by atoms with Gasteiger partial charge in [-0.15, -0.1) is 0 Å². The number of rotatable bonds is 6. The highest BCUT2D eigenvalue weighted by atomic mass is 16.8. The van der Waals surface area contributed by atoms with Gasteiger partial charge >= 0.3 is 5.97 Å². The molecule has 0 unspecified atom stereocenters. The van der Waals surface area contributed by atoms with E-state index in [1.54, 1.807) is 45.2 Å². The maximum atomic E-state index is 11.5. The lowest BCUT2D eigenvalue weighted by Gasteiger charge is -2.20. The fourth-order valence-electron chi connectivity index (χ4n) is 2.36. The first-order chi connectivity index (χ1) is 10.9. The number of carbonyl (C=O) groups excluding carboxylic acids is 1. The van der Waals surface area contributed by atoms with Crippen molar-refractivity contribution in [3.8, 4) is 11.5 Å². The maximum Gasteiger partial charge on any atom is 0.337 e. The minimum atomic E-state index is -1.44. The molecule has 1 aliphatic heterocycles. The summed E-state index contributed by atoms with van der Waals surface area (Å²) in [4.78, 5) is 11.5. The summed E-state index contributed by atoms with van der Waals surface area (Å²) in [7, 11) is 2.79. The molecule has 128 valence electrons.